The summed E-state index contributed by atoms with van der Waals surface area (Å²) in [4.78, 5) is 11.0. The Labute approximate surface area is 206 Å². The number of halogens is 3. The number of fused-ring (bicyclic) bond motifs is 1. The van der Waals surface area contributed by atoms with Gasteiger partial charge >= 0.3 is 12.3 Å². The highest BCUT2D eigenvalue weighted by Gasteiger charge is 2.31. The van der Waals surface area contributed by atoms with E-state index in [-0.39, 0.29) is 12.2 Å². The maximum atomic E-state index is 12.9. The number of aromatic nitrogens is 1. The number of hydrogen-bond donors (Lipinski definition) is 1. The van der Waals surface area contributed by atoms with Crippen molar-refractivity contribution in [1.82, 2.24) is 4.57 Å². The van der Waals surface area contributed by atoms with Gasteiger partial charge in [0.05, 0.1) is 12.6 Å². The summed E-state index contributed by atoms with van der Waals surface area (Å²) in [6.45, 7) is 2.37. The number of carbonyl (C=O) groups is 1. The van der Waals surface area contributed by atoms with E-state index in [1.54, 1.807) is 13.2 Å². The predicted molar refractivity (Wildman–Crippen MR) is 131 cm³/mol. The maximum absolute atomic E-state index is 12.9. The molecule has 36 heavy (non-hydrogen) atoms. The number of nitrogens with zero attached hydrogens (tertiary/aromatic N) is 1. The first-order valence-electron chi connectivity index (χ1n) is 11.4. The molecule has 4 rings (SSSR count). The van der Waals surface area contributed by atoms with Crippen LogP contribution in [0.2, 0.25) is 0 Å². The molecular weight excluding hydrogens is 471 g/mol. The number of carboxylic acid groups (broad SMARTS) is 1. The quantitative estimate of drug-likeness (QED) is 0.286. The van der Waals surface area contributed by atoms with Crippen LogP contribution in [0.3, 0.4) is 0 Å². The number of alkyl halides is 3. The number of carboxylic acids is 1. The summed E-state index contributed by atoms with van der Waals surface area (Å²) in [6.07, 6.45) is -3.76. The van der Waals surface area contributed by atoms with Gasteiger partial charge in [0, 0.05) is 30.1 Å². The molecule has 0 spiro atoms. The van der Waals surface area contributed by atoms with E-state index in [4.69, 9.17) is 9.84 Å². The van der Waals surface area contributed by atoms with Crippen LogP contribution in [0, 0.1) is 6.92 Å². The van der Waals surface area contributed by atoms with Crippen molar-refractivity contribution >= 4 is 16.9 Å². The van der Waals surface area contributed by atoms with Gasteiger partial charge in [0.15, 0.2) is 0 Å². The highest BCUT2D eigenvalue weighted by Crippen LogP contribution is 2.33. The van der Waals surface area contributed by atoms with Gasteiger partial charge in [-0.05, 0) is 66.3 Å². The van der Waals surface area contributed by atoms with Gasteiger partial charge in [0.2, 0.25) is 0 Å². The van der Waals surface area contributed by atoms with E-state index >= 15 is 0 Å². The second-order valence-electron chi connectivity index (χ2n) is 8.62. The molecule has 3 aromatic carbocycles. The molecule has 0 saturated carbocycles. The van der Waals surface area contributed by atoms with Gasteiger partial charge in [0.1, 0.15) is 11.5 Å². The Morgan fingerprint density at radius 2 is 1.64 bits per heavy atom. The fourth-order valence-electron chi connectivity index (χ4n) is 4.42. The molecule has 0 aliphatic heterocycles. The summed E-state index contributed by atoms with van der Waals surface area (Å²) in [6, 6.07) is 19.7. The van der Waals surface area contributed by atoms with E-state index in [0.717, 1.165) is 39.1 Å². The zero-order valence-electron chi connectivity index (χ0n) is 19.9. The fourth-order valence-corrected chi connectivity index (χ4v) is 4.42. The first-order valence-corrected chi connectivity index (χ1v) is 11.4. The third-order valence-electron chi connectivity index (χ3n) is 6.16. The van der Waals surface area contributed by atoms with Crippen molar-refractivity contribution in [1.29, 1.82) is 0 Å². The summed E-state index contributed by atoms with van der Waals surface area (Å²) in [5, 5.41) is 9.84. The van der Waals surface area contributed by atoms with Crippen LogP contribution >= 0.6 is 0 Å². The Hall–Kier alpha value is -3.94. The number of hydrogen-bond acceptors (Lipinski definition) is 3. The topological polar surface area (TPSA) is 60.7 Å². The van der Waals surface area contributed by atoms with Gasteiger partial charge in [-0.1, -0.05) is 36.4 Å². The van der Waals surface area contributed by atoms with Crippen molar-refractivity contribution < 1.29 is 32.5 Å². The lowest BCUT2D eigenvalue weighted by Crippen LogP contribution is -2.17. The highest BCUT2D eigenvalue weighted by molar-refractivity contribution is 5.87. The smallest absolute Gasteiger partial charge is 0.497 e. The SMILES string of the molecule is COc1ccc(Cc2c(C)n(Cc3cccc(CCC(=O)O)c3)c3cc(OC(F)(F)F)ccc23)cc1. The Morgan fingerprint density at radius 1 is 0.944 bits per heavy atom. The van der Waals surface area contributed by atoms with Crippen molar-refractivity contribution in [2.75, 3.05) is 7.11 Å². The van der Waals surface area contributed by atoms with Crippen LogP contribution in [-0.4, -0.2) is 29.1 Å². The minimum atomic E-state index is -4.79. The number of rotatable bonds is 9. The Morgan fingerprint density at radius 3 is 2.31 bits per heavy atom. The van der Waals surface area contributed by atoms with E-state index in [2.05, 4.69) is 4.74 Å². The van der Waals surface area contributed by atoms with Crippen LogP contribution in [0.25, 0.3) is 10.9 Å². The zero-order valence-corrected chi connectivity index (χ0v) is 19.9. The monoisotopic (exact) mass is 497 g/mol. The van der Waals surface area contributed by atoms with Gasteiger partial charge in [-0.2, -0.15) is 0 Å². The number of aryl methyl sites for hydroxylation is 1. The van der Waals surface area contributed by atoms with Gasteiger partial charge < -0.3 is 19.1 Å². The number of methoxy groups -OCH3 is 1. The molecule has 0 aliphatic carbocycles. The number of ether oxygens (including phenoxy) is 2. The molecule has 188 valence electrons. The van der Waals surface area contributed by atoms with Crippen molar-refractivity contribution in [3.8, 4) is 11.5 Å². The molecule has 0 bridgehead atoms. The average molecular weight is 498 g/mol. The van der Waals surface area contributed by atoms with Crippen LogP contribution in [0.1, 0.15) is 34.4 Å². The lowest BCUT2D eigenvalue weighted by molar-refractivity contribution is -0.274. The molecule has 1 N–H and O–H groups in total. The molecule has 0 saturated heterocycles. The highest BCUT2D eigenvalue weighted by atomic mass is 19.4. The summed E-state index contributed by atoms with van der Waals surface area (Å²) in [5.74, 6) is -0.400. The van der Waals surface area contributed by atoms with Crippen molar-refractivity contribution in [3.63, 3.8) is 0 Å². The lowest BCUT2D eigenvalue weighted by atomic mass is 10.0. The molecule has 0 fully saturated rings. The van der Waals surface area contributed by atoms with Gasteiger partial charge in [0.25, 0.3) is 0 Å². The number of aliphatic carboxylic acids is 1. The van der Waals surface area contributed by atoms with Crippen molar-refractivity contribution in [3.05, 3.63) is 94.7 Å². The Balaban J connectivity index is 1.75. The third-order valence-corrected chi connectivity index (χ3v) is 6.16. The van der Waals surface area contributed by atoms with Gasteiger partial charge in [-0.3, -0.25) is 4.79 Å². The predicted octanol–water partition coefficient (Wildman–Crippen LogP) is 6.51. The van der Waals surface area contributed by atoms with E-state index in [1.165, 1.54) is 12.1 Å². The van der Waals surface area contributed by atoms with Crippen LogP contribution in [-0.2, 0) is 24.2 Å². The van der Waals surface area contributed by atoms with Crippen molar-refractivity contribution in [2.45, 2.75) is 39.1 Å². The molecule has 8 heteroatoms. The Kier molecular flexibility index (Phi) is 7.24. The van der Waals surface area contributed by atoms with Crippen molar-refractivity contribution in [2.24, 2.45) is 0 Å². The van der Waals surface area contributed by atoms with Gasteiger partial charge in [-0.25, -0.2) is 0 Å². The molecule has 0 radical (unpaired) electrons. The molecule has 1 heterocycles. The second-order valence-corrected chi connectivity index (χ2v) is 8.62. The fraction of sp³-hybridized carbons (Fsp3) is 0.250. The van der Waals surface area contributed by atoms with Crippen LogP contribution in [0.4, 0.5) is 13.2 Å². The molecule has 5 nitrogen and oxygen atoms in total. The van der Waals surface area contributed by atoms with Crippen LogP contribution < -0.4 is 9.47 Å². The molecule has 4 aromatic rings. The standard InChI is InChI=1S/C28H26F3NO4/c1-18-25(15-20-6-9-22(35-2)10-7-20)24-12-11-23(36-28(29,30)31)16-26(24)32(18)17-21-5-3-4-19(14-21)8-13-27(33)34/h3-7,9-12,14,16H,8,13,15,17H2,1-2H3,(H,33,34). The molecule has 0 aliphatic rings. The van der Waals surface area contributed by atoms with Gasteiger partial charge in [-0.15, -0.1) is 13.2 Å². The summed E-state index contributed by atoms with van der Waals surface area (Å²) in [5.41, 5.74) is 5.44. The molecular formula is C28H26F3NO4. The van der Waals surface area contributed by atoms with E-state index in [1.807, 2.05) is 60.0 Å². The molecule has 0 atom stereocenters. The molecule has 1 aromatic heterocycles. The zero-order chi connectivity index (χ0) is 25.9. The molecule has 0 unspecified atom stereocenters. The van der Waals surface area contributed by atoms with E-state index in [9.17, 15) is 18.0 Å². The second kappa shape index (κ2) is 10.4. The van der Waals surface area contributed by atoms with Crippen LogP contribution in [0.15, 0.2) is 66.7 Å². The largest absolute Gasteiger partial charge is 0.573 e. The van der Waals surface area contributed by atoms with Crippen LogP contribution in [0.5, 0.6) is 11.5 Å². The third kappa shape index (κ3) is 6.00. The first-order chi connectivity index (χ1) is 17.1. The van der Waals surface area contributed by atoms with E-state index in [0.29, 0.717) is 24.9 Å². The first kappa shape index (κ1) is 25.2. The minimum absolute atomic E-state index is 0.0269. The minimum Gasteiger partial charge on any atom is -0.497 e. The molecule has 0 amide bonds. The average Bonchev–Trinajstić information content (AvgIpc) is 3.08. The number of benzene rings is 3. The normalized spacial score (nSPS) is 11.6. The summed E-state index contributed by atoms with van der Waals surface area (Å²) in [7, 11) is 1.60. The maximum Gasteiger partial charge on any atom is 0.573 e. The van der Waals surface area contributed by atoms with E-state index < -0.39 is 12.3 Å². The Bertz CT molecular complexity index is 1370. The lowest BCUT2D eigenvalue weighted by Gasteiger charge is -2.12. The summed E-state index contributed by atoms with van der Waals surface area (Å²) < 4.78 is 50.2. The summed E-state index contributed by atoms with van der Waals surface area (Å²) >= 11 is 0.